The van der Waals surface area contributed by atoms with Crippen LogP contribution in [0.2, 0.25) is 0 Å². The predicted octanol–water partition coefficient (Wildman–Crippen LogP) is 4.01. The Bertz CT molecular complexity index is 1370. The lowest BCUT2D eigenvalue weighted by atomic mass is 10.0. The van der Waals surface area contributed by atoms with Gasteiger partial charge in [-0.25, -0.2) is 8.42 Å². The summed E-state index contributed by atoms with van der Waals surface area (Å²) >= 11 is 0. The second kappa shape index (κ2) is 9.41. The Balaban J connectivity index is 1.55. The first kappa shape index (κ1) is 22.5. The van der Waals surface area contributed by atoms with Crippen molar-refractivity contribution >= 4 is 32.4 Å². The highest BCUT2D eigenvalue weighted by Crippen LogP contribution is 2.35. The fourth-order valence-corrected chi connectivity index (χ4v) is 5.62. The lowest BCUT2D eigenvalue weighted by molar-refractivity contribution is 0.102. The first-order chi connectivity index (χ1) is 16.0. The molecule has 3 aromatic carbocycles. The summed E-state index contributed by atoms with van der Waals surface area (Å²) in [6, 6.07) is 19.6. The molecule has 0 saturated heterocycles. The van der Waals surface area contributed by atoms with Crippen molar-refractivity contribution in [3.8, 4) is 12.1 Å². The molecule has 1 aliphatic carbocycles. The molecule has 0 atom stereocenters. The van der Waals surface area contributed by atoms with Gasteiger partial charge in [0.1, 0.15) is 0 Å². The third-order valence-corrected chi connectivity index (χ3v) is 7.74. The first-order valence-electron chi connectivity index (χ1n) is 10.6. The van der Waals surface area contributed by atoms with E-state index in [0.717, 1.165) is 28.2 Å². The molecule has 8 heteroatoms. The van der Waals surface area contributed by atoms with Crippen LogP contribution in [0.5, 0.6) is 0 Å². The average molecular weight is 459 g/mol. The Morgan fingerprint density at radius 3 is 2.18 bits per heavy atom. The van der Waals surface area contributed by atoms with Crippen molar-refractivity contribution in [3.63, 3.8) is 0 Å². The van der Waals surface area contributed by atoms with E-state index in [2.05, 4.69) is 11.4 Å². The van der Waals surface area contributed by atoms with E-state index in [1.165, 1.54) is 40.8 Å². The van der Waals surface area contributed by atoms with Crippen LogP contribution < -0.4 is 5.32 Å². The van der Waals surface area contributed by atoms with E-state index in [4.69, 9.17) is 10.5 Å². The van der Waals surface area contributed by atoms with Gasteiger partial charge in [0.2, 0.25) is 10.0 Å². The van der Waals surface area contributed by atoms with Crippen molar-refractivity contribution in [2.45, 2.75) is 30.6 Å². The summed E-state index contributed by atoms with van der Waals surface area (Å²) in [6.07, 6.45) is 2.05. The van der Waals surface area contributed by atoms with Crippen LogP contribution in [0.1, 0.15) is 34.3 Å². The number of amides is 1. The Labute approximate surface area is 192 Å². The number of aryl methyl sites for hydroxylation is 2. The maximum absolute atomic E-state index is 12.9. The molecule has 0 aliphatic heterocycles. The number of rotatable bonds is 8. The molecular formula is C25H22N4O3S. The van der Waals surface area contributed by atoms with Crippen molar-refractivity contribution in [1.82, 2.24) is 4.31 Å². The molecule has 3 aromatic rings. The molecule has 166 valence electrons. The molecule has 0 radical (unpaired) electrons. The topological polar surface area (TPSA) is 114 Å². The number of sulfonamides is 1. The zero-order valence-electron chi connectivity index (χ0n) is 17.9. The van der Waals surface area contributed by atoms with Crippen molar-refractivity contribution in [1.29, 1.82) is 10.5 Å². The Kier molecular flexibility index (Phi) is 6.41. The molecule has 0 bridgehead atoms. The molecule has 7 nitrogen and oxygen atoms in total. The van der Waals surface area contributed by atoms with Gasteiger partial charge in [-0.05, 0) is 59.7 Å². The summed E-state index contributed by atoms with van der Waals surface area (Å²) in [7, 11) is -3.88. The molecule has 1 aliphatic rings. The van der Waals surface area contributed by atoms with E-state index in [-0.39, 0.29) is 36.7 Å². The van der Waals surface area contributed by atoms with E-state index < -0.39 is 10.0 Å². The highest BCUT2D eigenvalue weighted by molar-refractivity contribution is 7.89. The molecule has 0 heterocycles. The summed E-state index contributed by atoms with van der Waals surface area (Å²) in [4.78, 5) is 12.9. The van der Waals surface area contributed by atoms with Gasteiger partial charge in [-0.3, -0.25) is 4.79 Å². The van der Waals surface area contributed by atoms with Gasteiger partial charge >= 0.3 is 0 Å². The van der Waals surface area contributed by atoms with Crippen molar-refractivity contribution < 1.29 is 13.2 Å². The molecule has 4 rings (SSSR count). The molecule has 33 heavy (non-hydrogen) atoms. The zero-order valence-corrected chi connectivity index (χ0v) is 18.7. The highest BCUT2D eigenvalue weighted by Gasteiger charge is 2.24. The van der Waals surface area contributed by atoms with Crippen LogP contribution in [0.25, 0.3) is 10.8 Å². The summed E-state index contributed by atoms with van der Waals surface area (Å²) in [5, 5.41) is 22.8. The third-order valence-electron chi connectivity index (χ3n) is 5.83. The van der Waals surface area contributed by atoms with E-state index in [0.29, 0.717) is 5.56 Å². The maximum atomic E-state index is 12.9. The lowest BCUT2D eigenvalue weighted by Crippen LogP contribution is -2.32. The summed E-state index contributed by atoms with van der Waals surface area (Å²) < 4.78 is 27.0. The second-order valence-electron chi connectivity index (χ2n) is 7.81. The third kappa shape index (κ3) is 4.45. The minimum Gasteiger partial charge on any atom is -0.321 e. The highest BCUT2D eigenvalue weighted by atomic mass is 32.2. The van der Waals surface area contributed by atoms with Crippen molar-refractivity contribution in [2.75, 3.05) is 18.4 Å². The van der Waals surface area contributed by atoms with E-state index >= 15 is 0 Å². The second-order valence-corrected chi connectivity index (χ2v) is 9.75. The largest absolute Gasteiger partial charge is 0.321 e. The molecule has 1 amide bonds. The number of benzene rings is 3. The number of nitrogens with one attached hydrogen (secondary N) is 1. The molecule has 0 fully saturated rings. The quantitative estimate of drug-likeness (QED) is 0.548. The molecule has 0 spiro atoms. The molecule has 0 unspecified atom stereocenters. The van der Waals surface area contributed by atoms with Gasteiger partial charge in [0, 0.05) is 42.6 Å². The van der Waals surface area contributed by atoms with Crippen LogP contribution >= 0.6 is 0 Å². The fourth-order valence-electron chi connectivity index (χ4n) is 4.18. The van der Waals surface area contributed by atoms with Gasteiger partial charge in [0.15, 0.2) is 0 Å². The number of hydrogen-bond acceptors (Lipinski definition) is 5. The van der Waals surface area contributed by atoms with E-state index in [1.54, 1.807) is 0 Å². The van der Waals surface area contributed by atoms with Gasteiger partial charge in [-0.15, -0.1) is 0 Å². The van der Waals surface area contributed by atoms with Crippen LogP contribution in [0.4, 0.5) is 5.69 Å². The Morgan fingerprint density at radius 2 is 1.55 bits per heavy atom. The minimum absolute atomic E-state index is 0.00775. The number of anilines is 1. The SMILES string of the molecule is N#CCCN(CCC#N)S(=O)(=O)c1ccc(C(=O)Nc2ccc3c4c(cccc24)CC3)cc1. The number of carbonyl (C=O) groups excluding carboxylic acids is 1. The maximum Gasteiger partial charge on any atom is 0.255 e. The number of nitrogens with zero attached hydrogens (tertiary/aromatic N) is 3. The zero-order chi connectivity index (χ0) is 23.4. The molecule has 0 aromatic heterocycles. The van der Waals surface area contributed by atoms with Crippen LogP contribution in [0, 0.1) is 22.7 Å². The number of nitriles is 2. The smallest absolute Gasteiger partial charge is 0.255 e. The Hall–Kier alpha value is -3.72. The monoisotopic (exact) mass is 458 g/mol. The van der Waals surface area contributed by atoms with E-state index in [1.807, 2.05) is 36.4 Å². The number of hydrogen-bond donors (Lipinski definition) is 1. The molecular weight excluding hydrogens is 436 g/mol. The van der Waals surface area contributed by atoms with Crippen molar-refractivity contribution in [3.05, 3.63) is 71.3 Å². The number of carbonyl (C=O) groups is 1. The van der Waals surface area contributed by atoms with Gasteiger partial charge in [0.05, 0.1) is 17.0 Å². The van der Waals surface area contributed by atoms with Gasteiger partial charge in [0.25, 0.3) is 5.91 Å². The molecule has 1 N–H and O–H groups in total. The predicted molar refractivity (Wildman–Crippen MR) is 125 cm³/mol. The lowest BCUT2D eigenvalue weighted by Gasteiger charge is -2.20. The normalized spacial score (nSPS) is 12.5. The van der Waals surface area contributed by atoms with Crippen LogP contribution in [-0.2, 0) is 22.9 Å². The van der Waals surface area contributed by atoms with E-state index in [9.17, 15) is 13.2 Å². The summed E-state index contributed by atoms with van der Waals surface area (Å²) in [6.45, 7) is 0.0155. The fraction of sp³-hybridized carbons (Fsp3) is 0.240. The summed E-state index contributed by atoms with van der Waals surface area (Å²) in [5.74, 6) is -0.330. The molecule has 0 saturated carbocycles. The van der Waals surface area contributed by atoms with Gasteiger partial charge < -0.3 is 5.32 Å². The average Bonchev–Trinajstić information content (AvgIpc) is 3.25. The first-order valence-corrected chi connectivity index (χ1v) is 12.1. The van der Waals surface area contributed by atoms with Crippen molar-refractivity contribution in [2.24, 2.45) is 0 Å². The van der Waals surface area contributed by atoms with Gasteiger partial charge in [-0.2, -0.15) is 14.8 Å². The standard InChI is InChI=1S/C25H22N4O3S/c26-14-2-16-29(17-3-15-27)33(31,32)21-11-8-20(9-12-21)25(30)28-23-13-10-19-7-6-18-4-1-5-22(23)24(18)19/h1,4-5,8-13H,2-3,6-7,16-17H2,(H,28,30). The van der Waals surface area contributed by atoms with Crippen LogP contribution in [0.15, 0.2) is 59.5 Å². The minimum atomic E-state index is -3.88. The van der Waals surface area contributed by atoms with Gasteiger partial charge in [-0.1, -0.05) is 24.3 Å². The summed E-state index contributed by atoms with van der Waals surface area (Å²) in [5.41, 5.74) is 3.62. The van der Waals surface area contributed by atoms with Crippen LogP contribution in [0.3, 0.4) is 0 Å². The van der Waals surface area contributed by atoms with Crippen LogP contribution in [-0.4, -0.2) is 31.7 Å². The Morgan fingerprint density at radius 1 is 0.909 bits per heavy atom.